The van der Waals surface area contributed by atoms with Gasteiger partial charge in [-0.05, 0) is 74.5 Å². The van der Waals surface area contributed by atoms with Gasteiger partial charge in [0.25, 0.3) is 0 Å². The molecular formula is C29H42F3NO3. The fraction of sp³-hybridized carbons (Fsp3) is 0.690. The smallest absolute Gasteiger partial charge is 0.400 e. The maximum atomic E-state index is 14.9. The Labute approximate surface area is 214 Å². The third-order valence-electron chi connectivity index (χ3n) is 8.03. The largest absolute Gasteiger partial charge is 0.492 e. The second-order valence-electron chi connectivity index (χ2n) is 10.5. The van der Waals surface area contributed by atoms with Crippen molar-refractivity contribution in [2.45, 2.75) is 90.1 Å². The van der Waals surface area contributed by atoms with Gasteiger partial charge >= 0.3 is 6.11 Å². The van der Waals surface area contributed by atoms with Gasteiger partial charge in [-0.25, -0.2) is 4.39 Å². The van der Waals surface area contributed by atoms with Crippen LogP contribution in [0.2, 0.25) is 0 Å². The van der Waals surface area contributed by atoms with Crippen molar-refractivity contribution in [2.24, 2.45) is 23.7 Å². The molecule has 0 saturated heterocycles. The van der Waals surface area contributed by atoms with Gasteiger partial charge in [-0.3, -0.25) is 4.79 Å². The first-order valence-corrected chi connectivity index (χ1v) is 13.7. The summed E-state index contributed by atoms with van der Waals surface area (Å²) in [6.45, 7) is 5.90. The van der Waals surface area contributed by atoms with Gasteiger partial charge in [0.15, 0.2) is 11.6 Å². The molecule has 2 fully saturated rings. The van der Waals surface area contributed by atoms with Gasteiger partial charge in [0.2, 0.25) is 5.91 Å². The van der Waals surface area contributed by atoms with Crippen molar-refractivity contribution in [1.82, 2.24) is 5.32 Å². The average molecular weight is 510 g/mol. The Morgan fingerprint density at radius 2 is 1.75 bits per heavy atom. The molecule has 0 radical (unpaired) electrons. The maximum absolute atomic E-state index is 14.9. The predicted molar refractivity (Wildman–Crippen MR) is 136 cm³/mol. The fourth-order valence-corrected chi connectivity index (χ4v) is 5.86. The Kier molecular flexibility index (Phi) is 11.0. The summed E-state index contributed by atoms with van der Waals surface area (Å²) < 4.78 is 54.6. The number of rotatable bonds is 13. The number of unbranched alkanes of at least 4 members (excludes halogenated alkanes) is 2. The summed E-state index contributed by atoms with van der Waals surface area (Å²) in [6.07, 6.45) is 10.4. The molecule has 1 N–H and O–H groups in total. The first-order chi connectivity index (χ1) is 17.3. The molecule has 4 nitrogen and oxygen atoms in total. The second kappa shape index (κ2) is 13.9. The molecule has 0 aliphatic heterocycles. The summed E-state index contributed by atoms with van der Waals surface area (Å²) in [4.78, 5) is 11.1. The van der Waals surface area contributed by atoms with Crippen LogP contribution in [0, 0.1) is 29.5 Å². The van der Waals surface area contributed by atoms with Crippen LogP contribution in [0.3, 0.4) is 0 Å². The third kappa shape index (κ3) is 8.45. The number of carbonyl (C=O) groups is 1. The van der Waals surface area contributed by atoms with E-state index in [0.717, 1.165) is 30.9 Å². The second-order valence-corrected chi connectivity index (χ2v) is 10.5. The highest BCUT2D eigenvalue weighted by atomic mass is 19.3. The lowest BCUT2D eigenvalue weighted by atomic mass is 9.68. The molecule has 0 heterocycles. The lowest BCUT2D eigenvalue weighted by Gasteiger charge is -2.39. The van der Waals surface area contributed by atoms with E-state index in [1.807, 2.05) is 0 Å². The molecule has 1 amide bonds. The van der Waals surface area contributed by atoms with Crippen LogP contribution < -0.4 is 14.8 Å². The highest BCUT2D eigenvalue weighted by Gasteiger charge is 2.45. The fourth-order valence-electron chi connectivity index (χ4n) is 5.86. The molecule has 2 aliphatic carbocycles. The zero-order valence-corrected chi connectivity index (χ0v) is 21.6. The molecule has 1 aromatic carbocycles. The number of amides is 1. The van der Waals surface area contributed by atoms with Crippen molar-refractivity contribution in [1.29, 1.82) is 0 Å². The molecule has 0 atom stereocenters. The standard InChI is InChI=1S/C29H42F3NO3/c1-3-5-6-7-21-8-10-22(11-9-21)23-12-14-24(15-13-23)29(31,32)36-27-17-16-25(20-26(27)30)35-19-18-33-28(34)4-2/h4,16-17,20-24H,2-3,5-15,18-19H2,1H3,(H,33,34). The molecule has 7 heteroatoms. The average Bonchev–Trinajstić information content (AvgIpc) is 2.88. The molecule has 202 valence electrons. The minimum Gasteiger partial charge on any atom is -0.492 e. The Bertz CT molecular complexity index is 831. The van der Waals surface area contributed by atoms with Gasteiger partial charge < -0.3 is 14.8 Å². The number of carbonyl (C=O) groups excluding carboxylic acids is 1. The van der Waals surface area contributed by atoms with Crippen molar-refractivity contribution < 1.29 is 27.4 Å². The van der Waals surface area contributed by atoms with Crippen molar-refractivity contribution in [3.8, 4) is 11.5 Å². The van der Waals surface area contributed by atoms with Crippen molar-refractivity contribution in [3.05, 3.63) is 36.7 Å². The zero-order chi connectivity index (χ0) is 26.0. The summed E-state index contributed by atoms with van der Waals surface area (Å²) in [7, 11) is 0. The van der Waals surface area contributed by atoms with Crippen molar-refractivity contribution in [3.63, 3.8) is 0 Å². The van der Waals surface area contributed by atoms with Gasteiger partial charge in [-0.1, -0.05) is 52.0 Å². The SMILES string of the molecule is C=CC(=O)NCCOc1ccc(OC(F)(F)C2CCC(C3CCC(CCCCC)CC3)CC2)c(F)c1. The molecular weight excluding hydrogens is 467 g/mol. The summed E-state index contributed by atoms with van der Waals surface area (Å²) in [5, 5.41) is 2.53. The van der Waals surface area contributed by atoms with E-state index < -0.39 is 23.6 Å². The van der Waals surface area contributed by atoms with E-state index in [9.17, 15) is 18.0 Å². The number of hydrogen-bond donors (Lipinski definition) is 1. The normalized spacial score (nSPS) is 24.7. The van der Waals surface area contributed by atoms with Gasteiger partial charge in [0.05, 0.1) is 12.5 Å². The van der Waals surface area contributed by atoms with Crippen LogP contribution in [0.4, 0.5) is 13.2 Å². The predicted octanol–water partition coefficient (Wildman–Crippen LogP) is 7.67. The minimum atomic E-state index is -3.42. The van der Waals surface area contributed by atoms with Crippen LogP contribution in [0.5, 0.6) is 11.5 Å². The lowest BCUT2D eigenvalue weighted by Crippen LogP contribution is -2.38. The number of ether oxygens (including phenoxy) is 2. The summed E-state index contributed by atoms with van der Waals surface area (Å²) in [5.41, 5.74) is 0. The van der Waals surface area contributed by atoms with Gasteiger partial charge in [-0.2, -0.15) is 8.78 Å². The topological polar surface area (TPSA) is 47.6 Å². The number of alkyl halides is 2. The molecule has 3 rings (SSSR count). The van der Waals surface area contributed by atoms with Crippen molar-refractivity contribution in [2.75, 3.05) is 13.2 Å². The first-order valence-electron chi connectivity index (χ1n) is 13.7. The Morgan fingerprint density at radius 3 is 2.36 bits per heavy atom. The number of benzene rings is 1. The van der Waals surface area contributed by atoms with Crippen LogP contribution in [0.1, 0.15) is 84.0 Å². The minimum absolute atomic E-state index is 0.110. The molecule has 0 aromatic heterocycles. The number of hydrogen-bond acceptors (Lipinski definition) is 3. The van der Waals surface area contributed by atoms with Crippen LogP contribution >= 0.6 is 0 Å². The zero-order valence-electron chi connectivity index (χ0n) is 21.6. The van der Waals surface area contributed by atoms with E-state index in [2.05, 4.69) is 18.8 Å². The van der Waals surface area contributed by atoms with Crippen molar-refractivity contribution >= 4 is 5.91 Å². The monoisotopic (exact) mass is 509 g/mol. The lowest BCUT2D eigenvalue weighted by molar-refractivity contribution is -0.225. The quantitative estimate of drug-likeness (QED) is 0.219. The van der Waals surface area contributed by atoms with E-state index in [1.165, 1.54) is 63.5 Å². The number of halogens is 3. The van der Waals surface area contributed by atoms with Crippen LogP contribution in [0.15, 0.2) is 30.9 Å². The van der Waals surface area contributed by atoms with Gasteiger partial charge in [0, 0.05) is 6.07 Å². The Morgan fingerprint density at radius 1 is 1.08 bits per heavy atom. The van der Waals surface area contributed by atoms with E-state index in [0.29, 0.717) is 24.7 Å². The molecule has 2 saturated carbocycles. The highest BCUT2D eigenvalue weighted by molar-refractivity contribution is 5.86. The van der Waals surface area contributed by atoms with E-state index in [-0.39, 0.29) is 24.8 Å². The summed E-state index contributed by atoms with van der Waals surface area (Å²) in [5.74, 6) is -0.389. The number of nitrogens with one attached hydrogen (secondary N) is 1. The Hall–Kier alpha value is -2.18. The Balaban J connectivity index is 1.42. The summed E-state index contributed by atoms with van der Waals surface area (Å²) in [6, 6.07) is 3.58. The maximum Gasteiger partial charge on any atom is 0.400 e. The van der Waals surface area contributed by atoms with E-state index in [4.69, 9.17) is 9.47 Å². The molecule has 36 heavy (non-hydrogen) atoms. The highest BCUT2D eigenvalue weighted by Crippen LogP contribution is 2.46. The third-order valence-corrected chi connectivity index (χ3v) is 8.03. The van der Waals surface area contributed by atoms with Crippen LogP contribution in [-0.2, 0) is 4.79 Å². The van der Waals surface area contributed by atoms with Gasteiger partial charge in [-0.15, -0.1) is 0 Å². The van der Waals surface area contributed by atoms with E-state index in [1.54, 1.807) is 0 Å². The summed E-state index contributed by atoms with van der Waals surface area (Å²) >= 11 is 0. The molecule has 0 bridgehead atoms. The van der Waals surface area contributed by atoms with Gasteiger partial charge in [0.1, 0.15) is 12.4 Å². The molecule has 2 aliphatic rings. The van der Waals surface area contributed by atoms with Crippen LogP contribution in [-0.4, -0.2) is 25.2 Å². The molecule has 0 unspecified atom stereocenters. The first kappa shape index (κ1) is 28.4. The van der Waals surface area contributed by atoms with Crippen LogP contribution in [0.25, 0.3) is 0 Å². The molecule has 1 aromatic rings. The van der Waals surface area contributed by atoms with E-state index >= 15 is 0 Å². The molecule has 0 spiro atoms.